The molecule has 8 nitrogen and oxygen atoms in total. The molecule has 0 spiro atoms. The summed E-state index contributed by atoms with van der Waals surface area (Å²) in [5.41, 5.74) is -6.22. The fourth-order valence-corrected chi connectivity index (χ4v) is 3.22. The summed E-state index contributed by atoms with van der Waals surface area (Å²) in [6.45, 7) is -2.56. The first-order valence-corrected chi connectivity index (χ1v) is 8.87. The lowest BCUT2D eigenvalue weighted by Crippen LogP contribution is -2.48. The number of rotatable bonds is 5. The molecule has 1 aromatic carbocycles. The number of halogens is 5. The topological polar surface area (TPSA) is 114 Å². The Balaban J connectivity index is 2.17. The summed E-state index contributed by atoms with van der Waals surface area (Å²) in [6.07, 6.45) is -12.5. The molecule has 2 heterocycles. The van der Waals surface area contributed by atoms with Crippen LogP contribution in [0.2, 0.25) is 0 Å². The van der Waals surface area contributed by atoms with Crippen LogP contribution < -0.4 is 11.2 Å². The molecular weight excluding hydrogens is 435 g/mol. The van der Waals surface area contributed by atoms with Crippen molar-refractivity contribution in [3.05, 3.63) is 68.5 Å². The van der Waals surface area contributed by atoms with Crippen molar-refractivity contribution in [1.29, 1.82) is 0 Å². The zero-order valence-electron chi connectivity index (χ0n) is 15.5. The van der Waals surface area contributed by atoms with E-state index in [2.05, 4.69) is 0 Å². The predicted octanol–water partition coefficient (Wildman–Crippen LogP) is 0.432. The second kappa shape index (κ2) is 8.15. The van der Waals surface area contributed by atoms with Crippen molar-refractivity contribution in [2.75, 3.05) is 6.61 Å². The van der Waals surface area contributed by atoms with Gasteiger partial charge < -0.3 is 20.1 Å². The molecule has 2 unspecified atom stereocenters. The van der Waals surface area contributed by atoms with Gasteiger partial charge in [0.15, 0.2) is 6.23 Å². The van der Waals surface area contributed by atoms with Gasteiger partial charge in [-0.05, 0) is 0 Å². The standard InChI is InChI=1S/C18H17F5N2O6/c19-17(20,9-4-2-1-3-5-9)8-25-14(29)10(18(21,22)23)6-24(16(25)30)15-13(28)12(27)11(7-26)31-15/h1-6,11-13,15,26-28H,7-8H2/t11-,12?,13?,15-/m1/s1. The molecule has 1 aliphatic heterocycles. The fraction of sp³-hybridized carbons (Fsp3) is 0.444. The number of ether oxygens (including phenoxy) is 1. The lowest BCUT2D eigenvalue weighted by atomic mass is 10.1. The Hall–Kier alpha value is -2.61. The number of aromatic nitrogens is 2. The number of hydrogen-bond acceptors (Lipinski definition) is 6. The van der Waals surface area contributed by atoms with Crippen molar-refractivity contribution in [3.8, 4) is 0 Å². The van der Waals surface area contributed by atoms with Crippen LogP contribution in [0, 0.1) is 0 Å². The summed E-state index contributed by atoms with van der Waals surface area (Å²) < 4.78 is 74.3. The molecule has 13 heteroatoms. The Bertz CT molecular complexity index is 1050. The third-order valence-electron chi connectivity index (χ3n) is 4.85. The van der Waals surface area contributed by atoms with E-state index in [1.807, 2.05) is 0 Å². The van der Waals surface area contributed by atoms with Gasteiger partial charge in [-0.2, -0.15) is 22.0 Å². The van der Waals surface area contributed by atoms with E-state index in [1.165, 1.54) is 18.2 Å². The summed E-state index contributed by atoms with van der Waals surface area (Å²) in [6, 6.07) is 5.86. The van der Waals surface area contributed by atoms with Gasteiger partial charge in [0, 0.05) is 11.8 Å². The molecule has 2 aromatic rings. The minimum atomic E-state index is -5.32. The molecule has 3 N–H and O–H groups in total. The van der Waals surface area contributed by atoms with Crippen molar-refractivity contribution in [2.45, 2.75) is 43.2 Å². The van der Waals surface area contributed by atoms with Crippen LogP contribution >= 0.6 is 0 Å². The maximum absolute atomic E-state index is 14.7. The predicted molar refractivity (Wildman–Crippen MR) is 93.3 cm³/mol. The zero-order chi connectivity index (χ0) is 23.1. The van der Waals surface area contributed by atoms with Crippen LogP contribution in [-0.2, 0) is 23.4 Å². The minimum absolute atomic E-state index is 0.0299. The molecule has 0 bridgehead atoms. The highest BCUT2D eigenvalue weighted by Gasteiger charge is 2.46. The quantitative estimate of drug-likeness (QED) is 0.568. The second-order valence-electron chi connectivity index (χ2n) is 6.92. The molecule has 0 aliphatic carbocycles. The van der Waals surface area contributed by atoms with E-state index in [0.29, 0.717) is 0 Å². The number of benzene rings is 1. The van der Waals surface area contributed by atoms with E-state index in [-0.39, 0.29) is 15.3 Å². The fourth-order valence-electron chi connectivity index (χ4n) is 3.22. The van der Waals surface area contributed by atoms with E-state index in [0.717, 1.165) is 12.1 Å². The van der Waals surface area contributed by atoms with Crippen LogP contribution in [0.1, 0.15) is 17.4 Å². The highest BCUT2D eigenvalue weighted by atomic mass is 19.4. The normalized spacial score (nSPS) is 24.5. The van der Waals surface area contributed by atoms with Gasteiger partial charge in [-0.3, -0.25) is 13.9 Å². The molecule has 1 fully saturated rings. The van der Waals surface area contributed by atoms with Crippen LogP contribution in [0.4, 0.5) is 22.0 Å². The van der Waals surface area contributed by atoms with Crippen molar-refractivity contribution < 1.29 is 42.0 Å². The monoisotopic (exact) mass is 452 g/mol. The lowest BCUT2D eigenvalue weighted by Gasteiger charge is -2.23. The first-order chi connectivity index (χ1) is 14.4. The molecular formula is C18H17F5N2O6. The Morgan fingerprint density at radius 1 is 1.00 bits per heavy atom. The van der Waals surface area contributed by atoms with E-state index in [1.54, 1.807) is 0 Å². The van der Waals surface area contributed by atoms with Crippen LogP contribution in [0.3, 0.4) is 0 Å². The Labute approximate surface area is 170 Å². The third-order valence-corrected chi connectivity index (χ3v) is 4.85. The van der Waals surface area contributed by atoms with Gasteiger partial charge in [-0.1, -0.05) is 30.3 Å². The molecule has 3 rings (SSSR count). The summed E-state index contributed by atoms with van der Waals surface area (Å²) in [7, 11) is 0. The van der Waals surface area contributed by atoms with Crippen molar-refractivity contribution in [2.24, 2.45) is 0 Å². The smallest absolute Gasteiger partial charge is 0.394 e. The first-order valence-electron chi connectivity index (χ1n) is 8.87. The van der Waals surface area contributed by atoms with E-state index >= 15 is 0 Å². The number of aliphatic hydroxyl groups is 3. The molecule has 1 saturated heterocycles. The lowest BCUT2D eigenvalue weighted by molar-refractivity contribution is -0.140. The molecule has 4 atom stereocenters. The van der Waals surface area contributed by atoms with E-state index in [4.69, 9.17) is 9.84 Å². The maximum Gasteiger partial charge on any atom is 0.423 e. The number of aliphatic hydroxyl groups excluding tert-OH is 3. The first kappa shape index (κ1) is 23.1. The minimum Gasteiger partial charge on any atom is -0.394 e. The largest absolute Gasteiger partial charge is 0.423 e. The summed E-state index contributed by atoms with van der Waals surface area (Å²) in [5.74, 6) is -3.89. The molecule has 0 radical (unpaired) electrons. The van der Waals surface area contributed by atoms with Gasteiger partial charge in [-0.25, -0.2) is 4.79 Å². The van der Waals surface area contributed by atoms with Crippen molar-refractivity contribution in [3.63, 3.8) is 0 Å². The van der Waals surface area contributed by atoms with Gasteiger partial charge in [0.25, 0.3) is 11.5 Å². The van der Waals surface area contributed by atoms with Gasteiger partial charge in [0.05, 0.1) is 13.2 Å². The summed E-state index contributed by atoms with van der Waals surface area (Å²) in [4.78, 5) is 25.0. The van der Waals surface area contributed by atoms with Crippen molar-refractivity contribution >= 4 is 0 Å². The zero-order valence-corrected chi connectivity index (χ0v) is 15.5. The van der Waals surface area contributed by atoms with Gasteiger partial charge in [0.2, 0.25) is 0 Å². The average molecular weight is 452 g/mol. The Morgan fingerprint density at radius 3 is 2.13 bits per heavy atom. The summed E-state index contributed by atoms with van der Waals surface area (Å²) >= 11 is 0. The maximum atomic E-state index is 14.7. The highest BCUT2D eigenvalue weighted by molar-refractivity contribution is 5.20. The molecule has 1 aromatic heterocycles. The van der Waals surface area contributed by atoms with E-state index in [9.17, 15) is 41.8 Å². The van der Waals surface area contributed by atoms with Gasteiger partial charge in [-0.15, -0.1) is 0 Å². The SMILES string of the molecule is O=c1c(C(F)(F)F)cn([C@@H]2O[C@H](CO)C(O)C2O)c(=O)n1CC(F)(F)c1ccccc1. The van der Waals surface area contributed by atoms with Crippen LogP contribution in [0.5, 0.6) is 0 Å². The second-order valence-corrected chi connectivity index (χ2v) is 6.92. The number of hydrogen-bond donors (Lipinski definition) is 3. The Kier molecular flexibility index (Phi) is 6.06. The molecule has 0 saturated carbocycles. The van der Waals surface area contributed by atoms with Crippen LogP contribution in [0.15, 0.2) is 46.1 Å². The highest BCUT2D eigenvalue weighted by Crippen LogP contribution is 2.32. The van der Waals surface area contributed by atoms with Gasteiger partial charge in [0.1, 0.15) is 23.9 Å². The van der Waals surface area contributed by atoms with Crippen LogP contribution in [0.25, 0.3) is 0 Å². The molecule has 31 heavy (non-hydrogen) atoms. The molecule has 0 amide bonds. The Morgan fingerprint density at radius 2 is 1.61 bits per heavy atom. The number of alkyl halides is 5. The van der Waals surface area contributed by atoms with Crippen LogP contribution in [-0.4, -0.2) is 49.4 Å². The summed E-state index contributed by atoms with van der Waals surface area (Å²) in [5, 5.41) is 29.0. The van der Waals surface area contributed by atoms with E-state index < -0.39 is 72.2 Å². The molecule has 1 aliphatic rings. The van der Waals surface area contributed by atoms with Gasteiger partial charge >= 0.3 is 11.9 Å². The number of nitrogens with zero attached hydrogens (tertiary/aromatic N) is 2. The average Bonchev–Trinajstić information content (AvgIpc) is 2.99. The molecule has 170 valence electrons. The van der Waals surface area contributed by atoms with Crippen molar-refractivity contribution in [1.82, 2.24) is 9.13 Å². The third kappa shape index (κ3) is 4.26.